The van der Waals surface area contributed by atoms with Crippen molar-refractivity contribution in [3.8, 4) is 67.8 Å². The first kappa shape index (κ1) is 45.9. The number of hydrogen-bond donors (Lipinski definition) is 0. The summed E-state index contributed by atoms with van der Waals surface area (Å²) in [6.07, 6.45) is 0. The fourth-order valence-corrected chi connectivity index (χ4v) is 13.2. The van der Waals surface area contributed by atoms with Gasteiger partial charge in [-0.05, 0) is 103 Å². The molecule has 6 heteroatoms. The van der Waals surface area contributed by atoms with Gasteiger partial charge in [0.05, 0.1) is 61.2 Å². The van der Waals surface area contributed by atoms with Crippen molar-refractivity contribution in [2.75, 3.05) is 0 Å². The summed E-state index contributed by atoms with van der Waals surface area (Å²) >= 11 is 0. The first-order chi connectivity index (χ1) is 40.7. The zero-order valence-electron chi connectivity index (χ0n) is 44.4. The summed E-state index contributed by atoms with van der Waals surface area (Å²) in [6, 6.07) is 105. The highest BCUT2D eigenvalue weighted by atomic mass is 15.0. The van der Waals surface area contributed by atoms with Gasteiger partial charge in [-0.2, -0.15) is 0 Å². The predicted octanol–water partition coefficient (Wildman–Crippen LogP) is 19.5. The quantitative estimate of drug-likeness (QED) is 0.152. The Kier molecular flexibility index (Phi) is 10.2. The summed E-state index contributed by atoms with van der Waals surface area (Å²) in [5, 5.41) is 9.70. The van der Waals surface area contributed by atoms with Crippen LogP contribution in [0.15, 0.2) is 291 Å². The van der Waals surface area contributed by atoms with E-state index < -0.39 is 0 Å². The van der Waals surface area contributed by atoms with Gasteiger partial charge in [0.1, 0.15) is 0 Å². The minimum Gasteiger partial charge on any atom is -0.309 e. The van der Waals surface area contributed by atoms with Crippen molar-refractivity contribution in [1.29, 1.82) is 0 Å². The number of hydrogen-bond acceptors (Lipinski definition) is 2. The van der Waals surface area contributed by atoms with Gasteiger partial charge in [-0.3, -0.25) is 0 Å². The Morgan fingerprint density at radius 3 is 1.17 bits per heavy atom. The standard InChI is InChI=1S/C76H48N6/c1-5-22-49(23-6-1)63-48-64(50-24-7-2-8-25-50)78-76(77-63)52-40-43-69(82-68-39-20-16-35-61(68)73-71(82)45-42-59-57-33-14-18-37-66(57)81(75(59)73)54-29-11-4-12-30-54)62(47-52)51-26-21-31-55(46-51)79-67-38-19-15-34-60(67)72-70(79)44-41-58-56-32-13-17-36-65(56)80(74(58)72)53-27-9-3-10-28-53/h1-48H. The lowest BCUT2D eigenvalue weighted by Crippen LogP contribution is -2.01. The Bertz CT molecular complexity index is 5320. The molecule has 0 bridgehead atoms. The van der Waals surface area contributed by atoms with E-state index in [1.54, 1.807) is 0 Å². The van der Waals surface area contributed by atoms with Crippen molar-refractivity contribution in [2.45, 2.75) is 0 Å². The van der Waals surface area contributed by atoms with Gasteiger partial charge in [0.25, 0.3) is 0 Å². The fourth-order valence-electron chi connectivity index (χ4n) is 13.2. The second-order valence-electron chi connectivity index (χ2n) is 21.3. The molecule has 17 rings (SSSR count). The zero-order valence-corrected chi connectivity index (χ0v) is 44.4. The van der Waals surface area contributed by atoms with Crippen LogP contribution in [0.4, 0.5) is 0 Å². The van der Waals surface area contributed by atoms with Gasteiger partial charge in [0, 0.05) is 82.4 Å². The number of nitrogens with zero attached hydrogens (tertiary/aromatic N) is 6. The lowest BCUT2D eigenvalue weighted by atomic mass is 9.99. The molecule has 6 nitrogen and oxygen atoms in total. The first-order valence-electron chi connectivity index (χ1n) is 28.0. The van der Waals surface area contributed by atoms with E-state index in [9.17, 15) is 0 Å². The molecule has 5 aromatic heterocycles. The van der Waals surface area contributed by atoms with Crippen LogP contribution >= 0.6 is 0 Å². The number of aromatic nitrogens is 6. The van der Waals surface area contributed by atoms with Crippen LogP contribution < -0.4 is 0 Å². The minimum absolute atomic E-state index is 0.653. The third-order valence-corrected chi connectivity index (χ3v) is 16.7. The third kappa shape index (κ3) is 6.95. The first-order valence-corrected chi connectivity index (χ1v) is 28.0. The summed E-state index contributed by atoms with van der Waals surface area (Å²) in [5.74, 6) is 0.653. The fraction of sp³-hybridized carbons (Fsp3) is 0. The molecule has 0 saturated heterocycles. The lowest BCUT2D eigenvalue weighted by Gasteiger charge is -2.18. The predicted molar refractivity (Wildman–Crippen MR) is 341 cm³/mol. The lowest BCUT2D eigenvalue weighted by molar-refractivity contribution is 1.16. The van der Waals surface area contributed by atoms with E-state index in [1.165, 1.54) is 65.2 Å². The molecule has 382 valence electrons. The molecule has 82 heavy (non-hydrogen) atoms. The van der Waals surface area contributed by atoms with Crippen molar-refractivity contribution in [3.05, 3.63) is 291 Å². The van der Waals surface area contributed by atoms with Crippen LogP contribution in [0.3, 0.4) is 0 Å². The van der Waals surface area contributed by atoms with E-state index in [1.807, 2.05) is 12.1 Å². The summed E-state index contributed by atoms with van der Waals surface area (Å²) in [5.41, 5.74) is 20.5. The second kappa shape index (κ2) is 18.2. The summed E-state index contributed by atoms with van der Waals surface area (Å²) in [7, 11) is 0. The maximum atomic E-state index is 5.39. The van der Waals surface area contributed by atoms with Crippen molar-refractivity contribution in [1.82, 2.24) is 28.2 Å². The highest BCUT2D eigenvalue weighted by molar-refractivity contribution is 6.28. The number of rotatable bonds is 8. The van der Waals surface area contributed by atoms with Crippen LogP contribution in [0.2, 0.25) is 0 Å². The van der Waals surface area contributed by atoms with Gasteiger partial charge in [-0.15, -0.1) is 0 Å². The number of fused-ring (bicyclic) bond motifs is 14. The molecular formula is C76H48N6. The Labute approximate surface area is 471 Å². The van der Waals surface area contributed by atoms with Crippen LogP contribution in [-0.2, 0) is 0 Å². The van der Waals surface area contributed by atoms with Gasteiger partial charge in [0.2, 0.25) is 0 Å². The van der Waals surface area contributed by atoms with E-state index in [-0.39, 0.29) is 0 Å². The van der Waals surface area contributed by atoms with Crippen LogP contribution in [0.5, 0.6) is 0 Å². The maximum Gasteiger partial charge on any atom is 0.160 e. The van der Waals surface area contributed by atoms with Crippen molar-refractivity contribution < 1.29 is 0 Å². The van der Waals surface area contributed by atoms with E-state index in [0.29, 0.717) is 5.82 Å². The number of benzene rings is 12. The molecule has 0 aliphatic carbocycles. The smallest absolute Gasteiger partial charge is 0.160 e. The van der Waals surface area contributed by atoms with Gasteiger partial charge in [-0.25, -0.2) is 9.97 Å². The monoisotopic (exact) mass is 1040 g/mol. The second-order valence-corrected chi connectivity index (χ2v) is 21.3. The molecule has 0 amide bonds. The molecule has 0 unspecified atom stereocenters. The largest absolute Gasteiger partial charge is 0.309 e. The summed E-state index contributed by atoms with van der Waals surface area (Å²) < 4.78 is 9.86. The van der Waals surface area contributed by atoms with Gasteiger partial charge < -0.3 is 18.3 Å². The molecule has 0 spiro atoms. The van der Waals surface area contributed by atoms with Crippen LogP contribution in [0, 0.1) is 0 Å². The van der Waals surface area contributed by atoms with Crippen LogP contribution in [-0.4, -0.2) is 28.2 Å². The molecule has 0 atom stereocenters. The molecular weight excluding hydrogens is 997 g/mol. The average Bonchev–Trinajstić information content (AvgIpc) is 1.88. The molecule has 0 radical (unpaired) electrons. The van der Waals surface area contributed by atoms with Crippen molar-refractivity contribution in [3.63, 3.8) is 0 Å². The highest BCUT2D eigenvalue weighted by Crippen LogP contribution is 2.46. The van der Waals surface area contributed by atoms with Gasteiger partial charge in [0.15, 0.2) is 5.82 Å². The van der Waals surface area contributed by atoms with Crippen molar-refractivity contribution >= 4 is 87.2 Å². The van der Waals surface area contributed by atoms with E-state index >= 15 is 0 Å². The third-order valence-electron chi connectivity index (χ3n) is 16.7. The van der Waals surface area contributed by atoms with E-state index in [4.69, 9.17) is 9.97 Å². The molecule has 12 aromatic carbocycles. The van der Waals surface area contributed by atoms with Crippen molar-refractivity contribution in [2.24, 2.45) is 0 Å². The Morgan fingerprint density at radius 1 is 0.232 bits per heavy atom. The Hall–Kier alpha value is -11.1. The van der Waals surface area contributed by atoms with Crippen LogP contribution in [0.1, 0.15) is 0 Å². The molecule has 0 N–H and O–H groups in total. The van der Waals surface area contributed by atoms with Gasteiger partial charge >= 0.3 is 0 Å². The molecule has 0 aliphatic heterocycles. The summed E-state index contributed by atoms with van der Waals surface area (Å²) in [4.78, 5) is 10.8. The Morgan fingerprint density at radius 2 is 0.646 bits per heavy atom. The van der Waals surface area contributed by atoms with E-state index in [2.05, 4.69) is 297 Å². The number of para-hydroxylation sites is 6. The maximum absolute atomic E-state index is 5.39. The molecule has 0 fully saturated rings. The topological polar surface area (TPSA) is 45.5 Å². The highest BCUT2D eigenvalue weighted by Gasteiger charge is 2.25. The minimum atomic E-state index is 0.653. The van der Waals surface area contributed by atoms with Gasteiger partial charge in [-0.1, -0.05) is 194 Å². The molecule has 0 saturated carbocycles. The Balaban J connectivity index is 0.949. The average molecular weight is 1050 g/mol. The molecule has 5 heterocycles. The molecule has 0 aliphatic rings. The molecule has 17 aromatic rings. The van der Waals surface area contributed by atoms with E-state index in [0.717, 1.165) is 84.0 Å². The zero-order chi connectivity index (χ0) is 53.8. The SMILES string of the molecule is c1ccc(-c2cc(-c3ccccc3)nc(-c3ccc(-n4c5ccccc5c5c4ccc4c6ccccc6n(-c6ccccc6)c45)c(-c4cccc(-n5c6ccccc6c6c5ccc5c7ccccc7n(-c7ccccc7)c56)c4)c3)n2)cc1. The normalized spacial score (nSPS) is 11.9. The summed E-state index contributed by atoms with van der Waals surface area (Å²) in [6.45, 7) is 0. The van der Waals surface area contributed by atoms with Crippen LogP contribution in [0.25, 0.3) is 155 Å².